The maximum atomic E-state index is 11.5. The molecule has 6 rings (SSSR count). The minimum atomic E-state index is -2.05. The number of anilines is 2. The van der Waals surface area contributed by atoms with Crippen molar-refractivity contribution in [1.82, 2.24) is 33.6 Å². The van der Waals surface area contributed by atoms with E-state index in [-0.39, 0.29) is 0 Å². The molecule has 1 atom stereocenters. The summed E-state index contributed by atoms with van der Waals surface area (Å²) in [5.41, 5.74) is 5.39. The number of aromatic nitrogens is 5. The summed E-state index contributed by atoms with van der Waals surface area (Å²) < 4.78 is 31.6. The van der Waals surface area contributed by atoms with Gasteiger partial charge in [0.2, 0.25) is 17.2 Å². The summed E-state index contributed by atoms with van der Waals surface area (Å²) in [5.74, 6) is 0.463. The molecular weight excluding hydrogens is 516 g/mol. The Morgan fingerprint density at radius 1 is 1.08 bits per heavy atom. The van der Waals surface area contributed by atoms with Crippen molar-refractivity contribution in [3.8, 4) is 11.3 Å². The van der Waals surface area contributed by atoms with E-state index in [2.05, 4.69) is 27.5 Å². The van der Waals surface area contributed by atoms with Gasteiger partial charge in [0.25, 0.3) is 0 Å². The van der Waals surface area contributed by atoms with Crippen molar-refractivity contribution in [2.75, 3.05) is 45.2 Å². The molecule has 0 spiro atoms. The highest BCUT2D eigenvalue weighted by molar-refractivity contribution is 7.76. The normalized spacial score (nSPS) is 15.4. The zero-order valence-electron chi connectivity index (χ0n) is 21.6. The Hall–Kier alpha value is -3.68. The number of fused-ring (bicyclic) bond motifs is 2. The van der Waals surface area contributed by atoms with E-state index in [1.165, 1.54) is 4.31 Å². The van der Waals surface area contributed by atoms with Gasteiger partial charge in [-0.1, -0.05) is 24.3 Å². The molecule has 0 aliphatic carbocycles. The Morgan fingerprint density at radius 2 is 1.92 bits per heavy atom. The molecule has 3 aromatic heterocycles. The molecule has 1 unspecified atom stereocenters. The lowest BCUT2D eigenvalue weighted by Gasteiger charge is -2.26. The molecule has 0 bridgehead atoms. The predicted molar refractivity (Wildman–Crippen MR) is 151 cm³/mol. The summed E-state index contributed by atoms with van der Waals surface area (Å²) in [6.07, 6.45) is 3.85. The van der Waals surface area contributed by atoms with Crippen molar-refractivity contribution < 1.29 is 13.5 Å². The number of hydrogen-bond acceptors (Lipinski definition) is 7. The third-order valence-corrected chi connectivity index (χ3v) is 7.57. The number of morpholine rings is 1. The Bertz CT molecular complexity index is 1630. The summed E-state index contributed by atoms with van der Waals surface area (Å²) >= 11 is -2.05. The van der Waals surface area contributed by atoms with Gasteiger partial charge in [0.05, 0.1) is 42.7 Å². The van der Waals surface area contributed by atoms with E-state index in [0.717, 1.165) is 78.3 Å². The van der Waals surface area contributed by atoms with Gasteiger partial charge < -0.3 is 10.1 Å². The van der Waals surface area contributed by atoms with E-state index in [1.807, 2.05) is 57.7 Å². The zero-order chi connectivity index (χ0) is 26.8. The van der Waals surface area contributed by atoms with E-state index in [9.17, 15) is 8.76 Å². The first-order valence-electron chi connectivity index (χ1n) is 12.8. The average molecular weight is 547 g/mol. The van der Waals surface area contributed by atoms with Crippen LogP contribution in [0.4, 0.5) is 11.6 Å². The number of nitrogens with one attached hydrogen (secondary N) is 1. The van der Waals surface area contributed by atoms with Crippen LogP contribution >= 0.6 is 0 Å². The summed E-state index contributed by atoms with van der Waals surface area (Å²) in [4.78, 5) is 6.91. The molecule has 2 aromatic carbocycles. The fourth-order valence-electron chi connectivity index (χ4n) is 4.83. The molecular formula is C27H30N8O3S. The first-order valence-corrected chi connectivity index (χ1v) is 13.9. The summed E-state index contributed by atoms with van der Waals surface area (Å²) in [6.45, 7) is 5.63. The summed E-state index contributed by atoms with van der Waals surface area (Å²) in [6, 6.07) is 17.8. The third kappa shape index (κ3) is 5.70. The molecule has 1 aliphatic heterocycles. The summed E-state index contributed by atoms with van der Waals surface area (Å²) in [5, 5.41) is 13.9. The van der Waals surface area contributed by atoms with E-state index in [1.54, 1.807) is 13.2 Å². The molecule has 39 heavy (non-hydrogen) atoms. The smallest absolute Gasteiger partial charge is 0.245 e. The van der Waals surface area contributed by atoms with Crippen LogP contribution in [-0.4, -0.2) is 82.2 Å². The van der Waals surface area contributed by atoms with Gasteiger partial charge in [0.1, 0.15) is 0 Å². The Morgan fingerprint density at radius 3 is 2.77 bits per heavy atom. The zero-order valence-corrected chi connectivity index (χ0v) is 22.4. The quantitative estimate of drug-likeness (QED) is 0.271. The van der Waals surface area contributed by atoms with Crippen LogP contribution in [0.1, 0.15) is 5.56 Å². The molecule has 202 valence electrons. The average Bonchev–Trinajstić information content (AvgIpc) is 3.56. The van der Waals surface area contributed by atoms with Gasteiger partial charge in [-0.3, -0.25) is 14.1 Å². The van der Waals surface area contributed by atoms with Crippen LogP contribution in [-0.2, 0) is 29.1 Å². The first-order chi connectivity index (χ1) is 19.0. The molecule has 0 amide bonds. The van der Waals surface area contributed by atoms with Crippen LogP contribution < -0.4 is 5.32 Å². The lowest BCUT2D eigenvalue weighted by Crippen LogP contribution is -2.38. The van der Waals surface area contributed by atoms with Crippen LogP contribution in [0.25, 0.3) is 27.7 Å². The molecule has 11 nitrogen and oxygen atoms in total. The molecule has 1 fully saturated rings. The molecule has 1 aliphatic rings. The monoisotopic (exact) mass is 546 g/mol. The second-order valence-electron chi connectivity index (χ2n) is 9.56. The van der Waals surface area contributed by atoms with E-state index >= 15 is 0 Å². The fourth-order valence-corrected chi connectivity index (χ4v) is 5.08. The lowest BCUT2D eigenvalue weighted by atomic mass is 10.0. The molecule has 12 heteroatoms. The molecule has 1 saturated heterocycles. The van der Waals surface area contributed by atoms with E-state index in [0.29, 0.717) is 12.5 Å². The molecule has 5 aromatic rings. The van der Waals surface area contributed by atoms with Crippen molar-refractivity contribution in [3.05, 3.63) is 72.6 Å². The van der Waals surface area contributed by atoms with Crippen LogP contribution in [0, 0.1) is 0 Å². The van der Waals surface area contributed by atoms with E-state index in [4.69, 9.17) is 14.9 Å². The number of ether oxygens (including phenoxy) is 1. The number of hydrogen-bond donors (Lipinski definition) is 2. The Kier molecular flexibility index (Phi) is 7.35. The highest BCUT2D eigenvalue weighted by atomic mass is 32.2. The predicted octanol–water partition coefficient (Wildman–Crippen LogP) is 3.39. The minimum absolute atomic E-state index is 0.322. The van der Waals surface area contributed by atoms with Gasteiger partial charge in [-0.2, -0.15) is 9.40 Å². The van der Waals surface area contributed by atoms with Gasteiger partial charge in [-0.15, -0.1) is 5.10 Å². The maximum Gasteiger partial charge on any atom is 0.245 e. The Labute approximate surface area is 228 Å². The van der Waals surface area contributed by atoms with Gasteiger partial charge in [0, 0.05) is 56.1 Å². The van der Waals surface area contributed by atoms with Gasteiger partial charge in [0.15, 0.2) is 0 Å². The standard InChI is InChI=1S/C27H30N8O3S/c1-32(39(36)37)18-20-4-2-3-5-24(20)26-9-7-23-17-28-27(31-35(23)26)29-22-6-8-25-21(16-22)19-34(30-25)11-10-33-12-14-38-15-13-33/h2-9,16-17,19H,10-15,18H2,1H3,(H,29,31)(H,36,37). The number of nitrogens with zero attached hydrogens (tertiary/aromatic N) is 7. The van der Waals surface area contributed by atoms with Gasteiger partial charge >= 0.3 is 0 Å². The second kappa shape index (κ2) is 11.2. The van der Waals surface area contributed by atoms with Crippen LogP contribution in [0.15, 0.2) is 67.0 Å². The van der Waals surface area contributed by atoms with Crippen molar-refractivity contribution >= 4 is 39.3 Å². The molecule has 2 N–H and O–H groups in total. The first kappa shape index (κ1) is 25.6. The molecule has 0 radical (unpaired) electrons. The minimum Gasteiger partial charge on any atom is -0.379 e. The fraction of sp³-hybridized carbons (Fsp3) is 0.296. The molecule has 4 heterocycles. The number of benzene rings is 2. The summed E-state index contributed by atoms with van der Waals surface area (Å²) in [7, 11) is 1.61. The second-order valence-corrected chi connectivity index (χ2v) is 10.6. The van der Waals surface area contributed by atoms with Gasteiger partial charge in [-0.25, -0.2) is 13.7 Å². The van der Waals surface area contributed by atoms with Crippen LogP contribution in [0.2, 0.25) is 0 Å². The van der Waals surface area contributed by atoms with E-state index < -0.39 is 11.3 Å². The van der Waals surface area contributed by atoms with Crippen LogP contribution in [0.3, 0.4) is 0 Å². The highest BCUT2D eigenvalue weighted by Crippen LogP contribution is 2.27. The topological polar surface area (TPSA) is 113 Å². The van der Waals surface area contributed by atoms with Crippen LogP contribution in [0.5, 0.6) is 0 Å². The van der Waals surface area contributed by atoms with Crippen molar-refractivity contribution in [3.63, 3.8) is 0 Å². The number of rotatable bonds is 9. The SMILES string of the molecule is CN(Cc1ccccc1-c1ccc2cnc(Nc3ccc4nn(CCN5CCOCC5)cc4c3)nn12)S(=O)O. The van der Waals surface area contributed by atoms with Crippen molar-refractivity contribution in [2.45, 2.75) is 13.1 Å². The van der Waals surface area contributed by atoms with Crippen molar-refractivity contribution in [1.29, 1.82) is 0 Å². The van der Waals surface area contributed by atoms with Gasteiger partial charge in [-0.05, 0) is 35.9 Å². The molecule has 0 saturated carbocycles. The third-order valence-electron chi connectivity index (χ3n) is 6.91. The maximum absolute atomic E-state index is 11.5. The Balaban J connectivity index is 1.22. The highest BCUT2D eigenvalue weighted by Gasteiger charge is 2.15. The van der Waals surface area contributed by atoms with Crippen molar-refractivity contribution in [2.24, 2.45) is 0 Å². The largest absolute Gasteiger partial charge is 0.379 e. The lowest BCUT2D eigenvalue weighted by molar-refractivity contribution is 0.0360.